The first kappa shape index (κ1) is 25.0. The number of ether oxygens (including phenoxy) is 2. The Hall–Kier alpha value is -3.27. The molecule has 0 radical (unpaired) electrons. The van der Waals surface area contributed by atoms with Crippen LogP contribution in [0.5, 0.6) is 5.88 Å². The fourth-order valence-corrected chi connectivity index (χ4v) is 5.22. The predicted octanol–water partition coefficient (Wildman–Crippen LogP) is 4.87. The second-order valence-corrected chi connectivity index (χ2v) is 10.2. The quantitative estimate of drug-likeness (QED) is 0.318. The highest BCUT2D eigenvalue weighted by Crippen LogP contribution is 2.28. The van der Waals surface area contributed by atoms with Gasteiger partial charge in [-0.15, -0.1) is 0 Å². The van der Waals surface area contributed by atoms with Gasteiger partial charge in [0.2, 0.25) is 5.88 Å². The second-order valence-electron chi connectivity index (χ2n) is 9.77. The third kappa shape index (κ3) is 5.18. The molecule has 2 aliphatic rings. The van der Waals surface area contributed by atoms with Gasteiger partial charge in [-0.05, 0) is 43.7 Å². The van der Waals surface area contributed by atoms with E-state index in [1.807, 2.05) is 30.5 Å². The van der Waals surface area contributed by atoms with Crippen LogP contribution in [0.4, 0.5) is 10.2 Å². The molecule has 2 atom stereocenters. The van der Waals surface area contributed by atoms with E-state index in [1.54, 1.807) is 18.2 Å². The maximum absolute atomic E-state index is 14.1. The van der Waals surface area contributed by atoms with Crippen LogP contribution in [0.15, 0.2) is 54.7 Å². The highest BCUT2D eigenvalue weighted by Gasteiger charge is 2.29. The van der Waals surface area contributed by atoms with Crippen molar-refractivity contribution in [1.82, 2.24) is 24.4 Å². The summed E-state index contributed by atoms with van der Waals surface area (Å²) in [4.78, 5) is 19.0. The van der Waals surface area contributed by atoms with Gasteiger partial charge in [-0.2, -0.15) is 4.98 Å². The molecule has 6 rings (SSSR count). The van der Waals surface area contributed by atoms with Gasteiger partial charge in [0.15, 0.2) is 5.65 Å². The van der Waals surface area contributed by atoms with Crippen LogP contribution < -0.4 is 9.64 Å². The molecule has 198 valence electrons. The van der Waals surface area contributed by atoms with E-state index in [-0.39, 0.29) is 24.6 Å². The summed E-state index contributed by atoms with van der Waals surface area (Å²) in [5.74, 6) is 1.96. The van der Waals surface area contributed by atoms with Gasteiger partial charge in [0.05, 0.1) is 18.7 Å². The Morgan fingerprint density at radius 1 is 1.11 bits per heavy atom. The van der Waals surface area contributed by atoms with Crippen molar-refractivity contribution in [3.8, 4) is 5.88 Å². The lowest BCUT2D eigenvalue weighted by Crippen LogP contribution is -2.48. The van der Waals surface area contributed by atoms with Gasteiger partial charge in [0, 0.05) is 55.6 Å². The van der Waals surface area contributed by atoms with Gasteiger partial charge in [-0.25, -0.2) is 14.4 Å². The van der Waals surface area contributed by atoms with Crippen LogP contribution in [0.3, 0.4) is 0 Å². The predicted molar refractivity (Wildman–Crippen MR) is 144 cm³/mol. The zero-order valence-electron chi connectivity index (χ0n) is 21.3. The number of benzene rings is 1. The van der Waals surface area contributed by atoms with Crippen molar-refractivity contribution in [3.05, 3.63) is 77.0 Å². The van der Waals surface area contributed by atoms with Crippen molar-refractivity contribution in [2.24, 2.45) is 0 Å². The molecule has 38 heavy (non-hydrogen) atoms. The largest absolute Gasteiger partial charge is 0.473 e. The van der Waals surface area contributed by atoms with E-state index in [2.05, 4.69) is 31.3 Å². The monoisotopic (exact) mass is 536 g/mol. The van der Waals surface area contributed by atoms with Crippen LogP contribution in [-0.4, -0.2) is 63.3 Å². The Kier molecular flexibility index (Phi) is 7.14. The van der Waals surface area contributed by atoms with Crippen molar-refractivity contribution in [2.75, 3.05) is 37.7 Å². The normalized spacial score (nSPS) is 18.9. The molecule has 0 saturated carbocycles. The molecule has 2 fully saturated rings. The second kappa shape index (κ2) is 10.8. The van der Waals surface area contributed by atoms with Crippen LogP contribution in [-0.2, 0) is 17.9 Å². The van der Waals surface area contributed by atoms with Crippen LogP contribution in [0.1, 0.15) is 30.8 Å². The lowest BCUT2D eigenvalue weighted by molar-refractivity contribution is -0.0594. The summed E-state index contributed by atoms with van der Waals surface area (Å²) >= 11 is 5.85. The number of anilines is 1. The van der Waals surface area contributed by atoms with Gasteiger partial charge >= 0.3 is 0 Å². The summed E-state index contributed by atoms with van der Waals surface area (Å²) in [6.45, 7) is 7.33. The summed E-state index contributed by atoms with van der Waals surface area (Å²) < 4.78 is 27.9. The van der Waals surface area contributed by atoms with Crippen molar-refractivity contribution in [2.45, 2.75) is 38.6 Å². The number of rotatable bonds is 8. The van der Waals surface area contributed by atoms with Crippen LogP contribution in [0.25, 0.3) is 11.2 Å². The van der Waals surface area contributed by atoms with Crippen molar-refractivity contribution >= 4 is 28.6 Å². The van der Waals surface area contributed by atoms with E-state index in [0.29, 0.717) is 16.5 Å². The summed E-state index contributed by atoms with van der Waals surface area (Å²) in [5.41, 5.74) is 2.28. The van der Waals surface area contributed by atoms with Crippen LogP contribution >= 0.6 is 11.6 Å². The highest BCUT2D eigenvalue weighted by atomic mass is 35.5. The number of fused-ring (bicyclic) bond motifs is 1. The molecule has 10 heteroatoms. The van der Waals surface area contributed by atoms with Crippen LogP contribution in [0, 0.1) is 5.82 Å². The number of nitrogens with zero attached hydrogens (tertiary/aromatic N) is 6. The zero-order chi connectivity index (χ0) is 26.1. The number of hydrogen-bond acceptors (Lipinski definition) is 7. The maximum atomic E-state index is 14.1. The Bertz CT molecular complexity index is 1420. The minimum Gasteiger partial charge on any atom is -0.473 e. The number of imidazole rings is 1. The van der Waals surface area contributed by atoms with Crippen molar-refractivity contribution in [1.29, 1.82) is 0 Å². The Morgan fingerprint density at radius 3 is 2.71 bits per heavy atom. The average molecular weight is 537 g/mol. The third-order valence-electron chi connectivity index (χ3n) is 7.37. The molecule has 0 amide bonds. The first-order valence-electron chi connectivity index (χ1n) is 13.0. The molecule has 0 bridgehead atoms. The molecule has 8 nitrogen and oxygen atoms in total. The molecule has 1 aromatic carbocycles. The lowest BCUT2D eigenvalue weighted by Gasteiger charge is -2.38. The van der Waals surface area contributed by atoms with Crippen molar-refractivity contribution < 1.29 is 13.9 Å². The Morgan fingerprint density at radius 2 is 1.95 bits per heavy atom. The molecule has 3 aromatic heterocycles. The summed E-state index contributed by atoms with van der Waals surface area (Å²) in [6.07, 6.45) is 3.13. The molecule has 2 aliphatic heterocycles. The lowest BCUT2D eigenvalue weighted by atomic mass is 10.1. The summed E-state index contributed by atoms with van der Waals surface area (Å²) in [5, 5.41) is 0.362. The van der Waals surface area contributed by atoms with Crippen molar-refractivity contribution in [3.63, 3.8) is 0 Å². The first-order chi connectivity index (χ1) is 18.5. The number of piperazine rings is 1. The van der Waals surface area contributed by atoms with Gasteiger partial charge < -0.3 is 18.9 Å². The average Bonchev–Trinajstić information content (AvgIpc) is 3.28. The fraction of sp³-hybridized carbons (Fsp3) is 0.393. The Balaban J connectivity index is 1.11. The number of hydrogen-bond donors (Lipinski definition) is 0. The first-order valence-corrected chi connectivity index (χ1v) is 13.4. The molecule has 2 saturated heterocycles. The van der Waals surface area contributed by atoms with E-state index >= 15 is 0 Å². The minimum atomic E-state index is -0.386. The third-order valence-corrected chi connectivity index (χ3v) is 7.61. The van der Waals surface area contributed by atoms with Gasteiger partial charge in [-0.3, -0.25) is 4.90 Å². The highest BCUT2D eigenvalue weighted by molar-refractivity contribution is 6.30. The van der Waals surface area contributed by atoms with Gasteiger partial charge in [0.25, 0.3) is 0 Å². The van der Waals surface area contributed by atoms with E-state index in [9.17, 15) is 4.39 Å². The zero-order valence-corrected chi connectivity index (χ0v) is 22.0. The van der Waals surface area contributed by atoms with E-state index in [0.717, 1.165) is 68.6 Å². The molecule has 1 unspecified atom stereocenters. The molecule has 0 aliphatic carbocycles. The topological polar surface area (TPSA) is 68.5 Å². The molecular weight excluding hydrogens is 507 g/mol. The van der Waals surface area contributed by atoms with Crippen LogP contribution in [0.2, 0.25) is 5.02 Å². The molecule has 5 heterocycles. The fourth-order valence-electron chi connectivity index (χ4n) is 5.06. The molecular formula is C28H30ClFN6O2. The standard InChI is InChI=1S/C28H30ClFN6O2/c1-19(27-32-24-4-3-10-31-28(24)36(27)17-22-9-15-37-22)34-11-13-35(14-12-34)25-5-2-6-26(33-25)38-18-20-7-8-21(29)16-23(20)30/h2-8,10,16,19,22H,9,11-15,17-18H2,1H3/t19?,22-/m0/s1. The van der Waals surface area contributed by atoms with Gasteiger partial charge in [-0.1, -0.05) is 23.7 Å². The van der Waals surface area contributed by atoms with Gasteiger partial charge in [0.1, 0.15) is 29.6 Å². The molecule has 4 aromatic rings. The Labute approximate surface area is 226 Å². The summed E-state index contributed by atoms with van der Waals surface area (Å²) in [7, 11) is 0. The van der Waals surface area contributed by atoms with E-state index in [4.69, 9.17) is 26.1 Å². The SMILES string of the molecule is CC(c1nc2cccnc2n1C[C@@H]1CCO1)N1CCN(c2cccc(OCc3ccc(Cl)cc3F)n2)CC1. The van der Waals surface area contributed by atoms with E-state index in [1.165, 1.54) is 6.07 Å². The maximum Gasteiger partial charge on any atom is 0.215 e. The number of pyridine rings is 2. The minimum absolute atomic E-state index is 0.0898. The number of halogens is 2. The summed E-state index contributed by atoms with van der Waals surface area (Å²) in [6, 6.07) is 14.4. The number of aromatic nitrogens is 4. The van der Waals surface area contributed by atoms with E-state index < -0.39 is 0 Å². The molecule has 0 N–H and O–H groups in total. The molecule has 0 spiro atoms. The smallest absolute Gasteiger partial charge is 0.215 e.